The van der Waals surface area contributed by atoms with Crippen molar-refractivity contribution < 1.29 is 19.1 Å². The number of benzene rings is 2. The standard InChI is InChI=1S/C22H17Br3N4O4/c1-29(19(21(26)31)11-7-27-14-5-9(23)3-4-10(11)14)22(32)20(30)12-8-28-18-16(12)15(33-2)6-13(24)17(18)25/h3-8,19,27-28H,1-2H3,(H2,26,31). The van der Waals surface area contributed by atoms with Crippen LogP contribution in [0.25, 0.3) is 21.8 Å². The summed E-state index contributed by atoms with van der Waals surface area (Å²) in [6.45, 7) is 0. The highest BCUT2D eigenvalue weighted by molar-refractivity contribution is 9.13. The van der Waals surface area contributed by atoms with Crippen LogP contribution in [-0.4, -0.2) is 46.6 Å². The number of Topliss-reactive ketones (excluding diaryl/α,β-unsaturated/α-hetero) is 1. The Kier molecular flexibility index (Phi) is 6.39. The number of nitrogens with two attached hydrogens (primary N) is 1. The predicted molar refractivity (Wildman–Crippen MR) is 135 cm³/mol. The second-order valence-corrected chi connectivity index (χ2v) is 9.87. The van der Waals surface area contributed by atoms with Crippen LogP contribution >= 0.6 is 47.8 Å². The van der Waals surface area contributed by atoms with Crippen molar-refractivity contribution in [2.75, 3.05) is 14.2 Å². The molecule has 0 saturated carbocycles. The number of nitrogens with zero attached hydrogens (tertiary/aromatic N) is 1. The second-order valence-electron chi connectivity index (χ2n) is 7.31. The Bertz CT molecular complexity index is 1440. The normalized spacial score (nSPS) is 12.2. The summed E-state index contributed by atoms with van der Waals surface area (Å²) in [6, 6.07) is 6.02. The van der Waals surface area contributed by atoms with Gasteiger partial charge in [0, 0.05) is 44.9 Å². The molecule has 2 aromatic heterocycles. The number of amides is 2. The fourth-order valence-electron chi connectivity index (χ4n) is 3.85. The molecule has 170 valence electrons. The van der Waals surface area contributed by atoms with Gasteiger partial charge in [-0.15, -0.1) is 0 Å². The van der Waals surface area contributed by atoms with Crippen LogP contribution in [0, 0.1) is 0 Å². The van der Waals surface area contributed by atoms with Gasteiger partial charge in [-0.05, 0) is 50.1 Å². The zero-order chi connectivity index (χ0) is 24.0. The summed E-state index contributed by atoms with van der Waals surface area (Å²) < 4.78 is 7.67. The van der Waals surface area contributed by atoms with Gasteiger partial charge in [0.15, 0.2) is 0 Å². The largest absolute Gasteiger partial charge is 0.496 e. The molecule has 0 aliphatic rings. The highest BCUT2D eigenvalue weighted by Gasteiger charge is 2.34. The Morgan fingerprint density at radius 1 is 1.09 bits per heavy atom. The molecule has 0 saturated heterocycles. The lowest BCUT2D eigenvalue weighted by Crippen LogP contribution is -2.42. The van der Waals surface area contributed by atoms with E-state index in [-0.39, 0.29) is 5.56 Å². The number of H-pyrrole nitrogens is 2. The number of carbonyl (C=O) groups is 3. The summed E-state index contributed by atoms with van der Waals surface area (Å²) >= 11 is 10.3. The molecule has 1 atom stereocenters. The number of hydrogen-bond donors (Lipinski definition) is 3. The van der Waals surface area contributed by atoms with Crippen molar-refractivity contribution in [1.82, 2.24) is 14.9 Å². The first-order valence-electron chi connectivity index (χ1n) is 9.56. The molecule has 4 aromatic rings. The Labute approximate surface area is 213 Å². The Balaban J connectivity index is 1.76. The van der Waals surface area contributed by atoms with Crippen LogP contribution in [0.15, 0.2) is 50.1 Å². The molecule has 2 amide bonds. The molecule has 0 aliphatic heterocycles. The van der Waals surface area contributed by atoms with E-state index in [0.29, 0.717) is 26.7 Å². The van der Waals surface area contributed by atoms with E-state index in [2.05, 4.69) is 57.8 Å². The van der Waals surface area contributed by atoms with Crippen molar-refractivity contribution in [2.24, 2.45) is 5.73 Å². The van der Waals surface area contributed by atoms with E-state index in [1.54, 1.807) is 18.3 Å². The first-order chi connectivity index (χ1) is 15.6. The van der Waals surface area contributed by atoms with Gasteiger partial charge in [0.05, 0.1) is 28.0 Å². The number of ketones is 1. The van der Waals surface area contributed by atoms with E-state index in [9.17, 15) is 14.4 Å². The highest BCUT2D eigenvalue weighted by atomic mass is 79.9. The molecule has 11 heteroatoms. The lowest BCUT2D eigenvalue weighted by Gasteiger charge is -2.25. The lowest BCUT2D eigenvalue weighted by molar-refractivity contribution is -0.134. The van der Waals surface area contributed by atoms with Crippen LogP contribution in [0.1, 0.15) is 22.0 Å². The number of likely N-dealkylation sites (N-methyl/N-ethyl adjacent to an activating group) is 1. The Morgan fingerprint density at radius 2 is 1.82 bits per heavy atom. The van der Waals surface area contributed by atoms with Crippen molar-refractivity contribution in [1.29, 1.82) is 0 Å². The number of primary amides is 1. The van der Waals surface area contributed by atoms with Crippen LogP contribution in [0.5, 0.6) is 5.75 Å². The molecule has 0 aliphatic carbocycles. The fourth-order valence-corrected chi connectivity index (χ4v) is 5.05. The summed E-state index contributed by atoms with van der Waals surface area (Å²) in [5.74, 6) is -2.03. The molecule has 2 aromatic carbocycles. The highest BCUT2D eigenvalue weighted by Crippen LogP contribution is 2.39. The summed E-state index contributed by atoms with van der Waals surface area (Å²) in [5, 5.41) is 1.17. The van der Waals surface area contributed by atoms with E-state index in [1.165, 1.54) is 20.4 Å². The van der Waals surface area contributed by atoms with Gasteiger partial charge in [-0.3, -0.25) is 14.4 Å². The minimum absolute atomic E-state index is 0.123. The summed E-state index contributed by atoms with van der Waals surface area (Å²) in [6.07, 6.45) is 3.06. The predicted octanol–water partition coefficient (Wildman–Crippen LogP) is 4.81. The van der Waals surface area contributed by atoms with Gasteiger partial charge in [0.25, 0.3) is 11.7 Å². The summed E-state index contributed by atoms with van der Waals surface area (Å²) in [5.41, 5.74) is 7.64. The van der Waals surface area contributed by atoms with Gasteiger partial charge in [-0.25, -0.2) is 0 Å². The van der Waals surface area contributed by atoms with Crippen LogP contribution in [0.4, 0.5) is 0 Å². The number of fused-ring (bicyclic) bond motifs is 2. The molecule has 0 spiro atoms. The van der Waals surface area contributed by atoms with Gasteiger partial charge in [-0.2, -0.15) is 0 Å². The molecule has 0 radical (unpaired) electrons. The molecule has 0 bridgehead atoms. The van der Waals surface area contributed by atoms with Gasteiger partial charge in [0.2, 0.25) is 5.91 Å². The Hall–Kier alpha value is -2.63. The maximum Gasteiger partial charge on any atom is 0.295 e. The molecule has 33 heavy (non-hydrogen) atoms. The molecule has 8 nitrogen and oxygen atoms in total. The zero-order valence-electron chi connectivity index (χ0n) is 17.3. The second kappa shape index (κ2) is 8.96. The number of aromatic nitrogens is 2. The van der Waals surface area contributed by atoms with E-state index < -0.39 is 23.6 Å². The van der Waals surface area contributed by atoms with Crippen LogP contribution in [-0.2, 0) is 9.59 Å². The van der Waals surface area contributed by atoms with Crippen LogP contribution in [0.2, 0.25) is 0 Å². The minimum Gasteiger partial charge on any atom is -0.496 e. The van der Waals surface area contributed by atoms with E-state index >= 15 is 0 Å². The monoisotopic (exact) mass is 638 g/mol. The molecular weight excluding hydrogens is 624 g/mol. The third kappa shape index (κ3) is 3.98. The summed E-state index contributed by atoms with van der Waals surface area (Å²) in [4.78, 5) is 46.1. The number of aromatic amines is 2. The van der Waals surface area contributed by atoms with Crippen molar-refractivity contribution >= 4 is 87.2 Å². The van der Waals surface area contributed by atoms with Crippen molar-refractivity contribution in [3.8, 4) is 5.75 Å². The van der Waals surface area contributed by atoms with Crippen molar-refractivity contribution in [2.45, 2.75) is 6.04 Å². The van der Waals surface area contributed by atoms with Crippen LogP contribution < -0.4 is 10.5 Å². The third-order valence-corrected chi connectivity index (χ3v) is 7.89. The number of rotatable bonds is 6. The molecule has 4 N–H and O–H groups in total. The first kappa shape index (κ1) is 23.5. The molecular formula is C22H17Br3N4O4. The SMILES string of the molecule is COc1cc(Br)c(Br)c2[nH]cc(C(=O)C(=O)N(C)C(C(N)=O)c3c[nH]c4cc(Br)ccc34)c12. The average Bonchev–Trinajstić information content (AvgIpc) is 3.40. The minimum atomic E-state index is -1.15. The maximum atomic E-state index is 13.3. The first-order valence-corrected chi connectivity index (χ1v) is 11.9. The van der Waals surface area contributed by atoms with Gasteiger partial charge >= 0.3 is 0 Å². The molecule has 0 fully saturated rings. The zero-order valence-corrected chi connectivity index (χ0v) is 22.1. The number of carbonyl (C=O) groups excluding carboxylic acids is 3. The van der Waals surface area contributed by atoms with E-state index in [1.807, 2.05) is 12.1 Å². The molecule has 1 unspecified atom stereocenters. The number of hydrogen-bond acceptors (Lipinski definition) is 4. The molecule has 2 heterocycles. The lowest BCUT2D eigenvalue weighted by atomic mass is 10.0. The smallest absolute Gasteiger partial charge is 0.295 e. The Morgan fingerprint density at radius 3 is 2.48 bits per heavy atom. The van der Waals surface area contributed by atoms with E-state index in [0.717, 1.165) is 24.7 Å². The van der Waals surface area contributed by atoms with Crippen LogP contribution in [0.3, 0.4) is 0 Å². The number of nitrogens with one attached hydrogen (secondary N) is 2. The quantitative estimate of drug-likeness (QED) is 0.207. The van der Waals surface area contributed by atoms with Gasteiger partial charge in [-0.1, -0.05) is 22.0 Å². The molecule has 4 rings (SSSR count). The third-order valence-electron chi connectivity index (χ3n) is 5.42. The number of halogens is 3. The fraction of sp³-hybridized carbons (Fsp3) is 0.136. The maximum absolute atomic E-state index is 13.3. The average molecular weight is 641 g/mol. The van der Waals surface area contributed by atoms with Crippen molar-refractivity contribution in [3.63, 3.8) is 0 Å². The van der Waals surface area contributed by atoms with Crippen molar-refractivity contribution in [3.05, 3.63) is 61.2 Å². The van der Waals surface area contributed by atoms with Gasteiger partial charge in [0.1, 0.15) is 11.8 Å². The van der Waals surface area contributed by atoms with Gasteiger partial charge < -0.3 is 25.3 Å². The summed E-state index contributed by atoms with van der Waals surface area (Å²) in [7, 11) is 2.86. The number of methoxy groups -OCH3 is 1. The van der Waals surface area contributed by atoms with E-state index in [4.69, 9.17) is 10.5 Å². The number of ether oxygens (including phenoxy) is 1. The topological polar surface area (TPSA) is 121 Å².